The van der Waals surface area contributed by atoms with E-state index in [0.717, 1.165) is 44.9 Å². The third-order valence-electron chi connectivity index (χ3n) is 9.32. The molecule has 0 aliphatic heterocycles. The molecule has 0 aromatic heterocycles. The molecule has 0 heterocycles. The minimum atomic E-state index is -1.64. The minimum Gasteiger partial charge on any atom is -0.481 e. The largest absolute Gasteiger partial charge is 0.481 e. The predicted molar refractivity (Wildman–Crippen MR) is 121 cm³/mol. The number of hydrogen-bond acceptors (Lipinski definition) is 3. The van der Waals surface area contributed by atoms with Crippen LogP contribution in [0.4, 0.5) is 4.79 Å². The van der Waals surface area contributed by atoms with E-state index in [1.54, 1.807) is 0 Å². The number of hydrogen-bond donors (Lipinski definition) is 2. The number of allylic oxidation sites excluding steroid dienone is 1. The zero-order valence-corrected chi connectivity index (χ0v) is 20.3. The summed E-state index contributed by atoms with van der Waals surface area (Å²) >= 11 is 17.2. The summed E-state index contributed by atoms with van der Waals surface area (Å²) < 4.78 is 3.51. The summed E-state index contributed by atoms with van der Waals surface area (Å²) in [7, 11) is 0. The van der Waals surface area contributed by atoms with Crippen LogP contribution in [-0.2, 0) is 9.53 Å². The summed E-state index contributed by atoms with van der Waals surface area (Å²) in [6.45, 7) is 4.21. The fourth-order valence-corrected chi connectivity index (χ4v) is 8.00. The van der Waals surface area contributed by atoms with E-state index in [2.05, 4.69) is 31.3 Å². The molecule has 0 aromatic rings. The highest BCUT2D eigenvalue weighted by molar-refractivity contribution is 6.67. The normalized spacial score (nSPS) is 44.0. The van der Waals surface area contributed by atoms with Gasteiger partial charge in [-0.2, -0.15) is 0 Å². The van der Waals surface area contributed by atoms with Gasteiger partial charge in [-0.25, -0.2) is 4.79 Å². The van der Waals surface area contributed by atoms with Gasteiger partial charge in [-0.3, -0.25) is 4.79 Å². The van der Waals surface area contributed by atoms with Crippen molar-refractivity contribution in [3.8, 4) is 0 Å². The zero-order chi connectivity index (χ0) is 22.6. The van der Waals surface area contributed by atoms with Crippen LogP contribution in [0.3, 0.4) is 0 Å². The molecule has 0 spiro atoms. The lowest BCUT2D eigenvalue weighted by molar-refractivity contribution is -0.151. The fraction of sp³-hybridized carbons (Fsp3) is 0.826. The van der Waals surface area contributed by atoms with Crippen molar-refractivity contribution in [2.75, 3.05) is 6.61 Å². The summed E-state index contributed by atoms with van der Waals surface area (Å²) in [4.78, 5) is 24.4. The van der Waals surface area contributed by atoms with Gasteiger partial charge in [0.1, 0.15) is 6.61 Å². The number of nitrogens with one attached hydrogen (secondary N) is 1. The Balaban J connectivity index is 1.55. The molecule has 8 atom stereocenters. The second kappa shape index (κ2) is 8.29. The summed E-state index contributed by atoms with van der Waals surface area (Å²) in [6.07, 6.45) is 10.7. The van der Waals surface area contributed by atoms with Crippen LogP contribution in [0.25, 0.3) is 0 Å². The van der Waals surface area contributed by atoms with Gasteiger partial charge in [-0.1, -0.05) is 60.8 Å². The van der Waals surface area contributed by atoms with Crippen LogP contribution in [0.15, 0.2) is 12.2 Å². The number of carboxylic acid groups (broad SMARTS) is 1. The minimum absolute atomic E-state index is 0.0979. The number of amides is 1. The molecule has 4 rings (SSSR count). The van der Waals surface area contributed by atoms with Gasteiger partial charge < -0.3 is 15.2 Å². The first-order chi connectivity index (χ1) is 14.5. The van der Waals surface area contributed by atoms with Crippen molar-refractivity contribution >= 4 is 46.9 Å². The SMILES string of the molecule is C[C@@]12C(CC=CC1NC(=O)OCC(Cl)(Cl)Cl)CC[C@@H]1[C@H]2CC[C@]2(C)C(C(=O)O)CC[C@@H]12. The van der Waals surface area contributed by atoms with E-state index >= 15 is 0 Å². The molecule has 31 heavy (non-hydrogen) atoms. The van der Waals surface area contributed by atoms with Crippen molar-refractivity contribution in [3.05, 3.63) is 12.2 Å². The maximum Gasteiger partial charge on any atom is 0.407 e. The average molecular weight is 493 g/mol. The molecule has 5 nitrogen and oxygen atoms in total. The monoisotopic (exact) mass is 491 g/mol. The number of ether oxygens (including phenoxy) is 1. The van der Waals surface area contributed by atoms with Crippen molar-refractivity contribution in [2.45, 2.75) is 68.6 Å². The third-order valence-corrected chi connectivity index (χ3v) is 9.65. The first kappa shape index (κ1) is 23.5. The Kier molecular flexibility index (Phi) is 6.28. The molecule has 0 aromatic carbocycles. The van der Waals surface area contributed by atoms with E-state index in [0.29, 0.717) is 23.7 Å². The van der Waals surface area contributed by atoms with Gasteiger partial charge in [0.15, 0.2) is 0 Å². The van der Waals surface area contributed by atoms with E-state index in [1.807, 2.05) is 0 Å². The average Bonchev–Trinajstić information content (AvgIpc) is 3.04. The number of carboxylic acids is 1. The van der Waals surface area contributed by atoms with Crippen molar-refractivity contribution in [1.29, 1.82) is 0 Å². The van der Waals surface area contributed by atoms with Gasteiger partial charge in [0.05, 0.1) is 12.0 Å². The molecule has 4 aliphatic carbocycles. The summed E-state index contributed by atoms with van der Waals surface area (Å²) in [6, 6.07) is -0.150. The van der Waals surface area contributed by atoms with E-state index < -0.39 is 15.9 Å². The maximum atomic E-state index is 12.5. The van der Waals surface area contributed by atoms with Gasteiger partial charge in [-0.05, 0) is 79.4 Å². The number of halogens is 3. The smallest absolute Gasteiger partial charge is 0.407 e. The molecule has 4 aliphatic rings. The van der Waals surface area contributed by atoms with E-state index in [9.17, 15) is 14.7 Å². The van der Waals surface area contributed by atoms with E-state index in [-0.39, 0.29) is 29.4 Å². The van der Waals surface area contributed by atoms with Crippen molar-refractivity contribution in [3.63, 3.8) is 0 Å². The molecule has 0 saturated heterocycles. The molecular weight excluding hydrogens is 461 g/mol. The molecular formula is C23H32Cl3NO4. The quantitative estimate of drug-likeness (QED) is 0.376. The van der Waals surface area contributed by atoms with E-state index in [4.69, 9.17) is 39.5 Å². The van der Waals surface area contributed by atoms with Crippen LogP contribution >= 0.6 is 34.8 Å². The number of carbonyl (C=O) groups excluding carboxylic acids is 1. The first-order valence-corrected chi connectivity index (χ1v) is 12.5. The van der Waals surface area contributed by atoms with Crippen LogP contribution in [-0.4, -0.2) is 33.6 Å². The van der Waals surface area contributed by atoms with Crippen molar-refractivity contribution in [1.82, 2.24) is 5.32 Å². The van der Waals surface area contributed by atoms with Crippen molar-refractivity contribution < 1.29 is 19.4 Å². The third kappa shape index (κ3) is 4.08. The Bertz CT molecular complexity index is 768. The lowest BCUT2D eigenvalue weighted by atomic mass is 9.44. The van der Waals surface area contributed by atoms with Gasteiger partial charge in [0.25, 0.3) is 0 Å². The maximum absolute atomic E-state index is 12.5. The Morgan fingerprint density at radius 3 is 2.55 bits per heavy atom. The van der Waals surface area contributed by atoms with Crippen LogP contribution < -0.4 is 5.32 Å². The zero-order valence-electron chi connectivity index (χ0n) is 18.1. The standard InChI is InChI=1S/C23H32Cl3NO4/c1-21-11-10-16-14(15(21)8-9-17(21)19(28)29)7-6-13-4-3-5-18(22(13,16)2)27-20(30)31-12-23(24,25)26/h3,5,13-18H,4,6-12H2,1-2H3,(H,27,30)(H,28,29)/t13?,14-,15-,16+,17?,18?,21-,22-/m0/s1. The predicted octanol–water partition coefficient (Wildman–Crippen LogP) is 5.97. The lowest BCUT2D eigenvalue weighted by Crippen LogP contribution is -2.60. The van der Waals surface area contributed by atoms with Crippen LogP contribution in [0, 0.1) is 40.4 Å². The van der Waals surface area contributed by atoms with Crippen LogP contribution in [0.5, 0.6) is 0 Å². The number of carbonyl (C=O) groups is 2. The topological polar surface area (TPSA) is 75.6 Å². The molecule has 174 valence electrons. The highest BCUT2D eigenvalue weighted by Gasteiger charge is 2.62. The summed E-state index contributed by atoms with van der Waals surface area (Å²) in [5.74, 6) is 0.991. The molecule has 3 unspecified atom stereocenters. The molecule has 0 bridgehead atoms. The second-order valence-corrected chi connectivity index (χ2v) is 13.0. The molecule has 1 amide bonds. The number of rotatable bonds is 3. The highest BCUT2D eigenvalue weighted by atomic mass is 35.6. The molecule has 3 saturated carbocycles. The fourth-order valence-electron chi connectivity index (χ4n) is 7.84. The molecule has 0 radical (unpaired) electrons. The first-order valence-electron chi connectivity index (χ1n) is 11.4. The number of alkyl carbamates (subject to hydrolysis) is 1. The molecule has 2 N–H and O–H groups in total. The Hall–Kier alpha value is -0.650. The Labute approximate surface area is 199 Å². The van der Waals surface area contributed by atoms with Gasteiger partial charge in [-0.15, -0.1) is 0 Å². The summed E-state index contributed by atoms with van der Waals surface area (Å²) in [5, 5.41) is 12.8. The Morgan fingerprint density at radius 2 is 1.87 bits per heavy atom. The number of alkyl halides is 3. The lowest BCUT2D eigenvalue weighted by Gasteiger charge is -2.61. The van der Waals surface area contributed by atoms with Gasteiger partial charge in [0.2, 0.25) is 3.79 Å². The summed E-state index contributed by atoms with van der Waals surface area (Å²) in [5.41, 5.74) is -0.216. The van der Waals surface area contributed by atoms with E-state index in [1.165, 1.54) is 0 Å². The molecule has 8 heteroatoms. The second-order valence-electron chi connectivity index (χ2n) is 10.5. The Morgan fingerprint density at radius 1 is 1.13 bits per heavy atom. The van der Waals surface area contributed by atoms with Gasteiger partial charge >= 0.3 is 12.1 Å². The van der Waals surface area contributed by atoms with Crippen LogP contribution in [0.2, 0.25) is 0 Å². The highest BCUT2D eigenvalue weighted by Crippen LogP contribution is 2.66. The van der Waals surface area contributed by atoms with Gasteiger partial charge in [0, 0.05) is 0 Å². The number of fused-ring (bicyclic) bond motifs is 5. The van der Waals surface area contributed by atoms with Crippen LogP contribution in [0.1, 0.15) is 58.8 Å². The molecule has 3 fully saturated rings. The van der Waals surface area contributed by atoms with Crippen molar-refractivity contribution in [2.24, 2.45) is 40.4 Å². The number of aliphatic carboxylic acids is 1.